The Morgan fingerprint density at radius 2 is 1.71 bits per heavy atom. The van der Waals surface area contributed by atoms with E-state index >= 15 is 0 Å². The normalized spacial score (nSPS) is 14.2. The molecule has 0 radical (unpaired) electrons. The second kappa shape index (κ2) is 7.23. The number of hydrogen-bond acceptors (Lipinski definition) is 2. The summed E-state index contributed by atoms with van der Waals surface area (Å²) in [7, 11) is -3.26. The zero-order valence-corrected chi connectivity index (χ0v) is 10.1. The maximum Gasteiger partial charge on any atom is 0.209 e. The molecule has 1 unspecified atom stereocenters. The number of primary sulfonamides is 1. The molecule has 0 aromatic carbocycles. The van der Waals surface area contributed by atoms with E-state index in [0.717, 1.165) is 25.7 Å². The minimum Gasteiger partial charge on any atom is -0.229 e. The Morgan fingerprint density at radius 1 is 1.07 bits per heavy atom. The third kappa shape index (κ3) is 8.51. The van der Waals surface area contributed by atoms with E-state index in [9.17, 15) is 8.42 Å². The molecule has 0 aliphatic rings. The van der Waals surface area contributed by atoms with Gasteiger partial charge in [-0.25, -0.2) is 13.6 Å². The van der Waals surface area contributed by atoms with Crippen molar-refractivity contribution in [3.63, 3.8) is 0 Å². The Kier molecular flexibility index (Phi) is 7.19. The predicted molar refractivity (Wildman–Crippen MR) is 60.5 cm³/mol. The third-order valence-corrected chi connectivity index (χ3v) is 3.28. The standard InChI is InChI=1S/C10H23NO2S/c1-3-5-7-10(6-4-2)8-9-14(11,12)13/h10H,3-9H2,1-2H3,(H2,11,12,13). The van der Waals surface area contributed by atoms with Gasteiger partial charge in [0.25, 0.3) is 0 Å². The van der Waals surface area contributed by atoms with E-state index in [1.54, 1.807) is 0 Å². The third-order valence-electron chi connectivity index (χ3n) is 2.47. The van der Waals surface area contributed by atoms with Crippen molar-refractivity contribution in [2.45, 2.75) is 52.4 Å². The fraction of sp³-hybridized carbons (Fsp3) is 1.00. The Bertz CT molecular complexity index is 224. The molecule has 0 heterocycles. The van der Waals surface area contributed by atoms with Gasteiger partial charge in [-0.05, 0) is 12.3 Å². The van der Waals surface area contributed by atoms with E-state index in [-0.39, 0.29) is 5.75 Å². The highest BCUT2D eigenvalue weighted by Gasteiger charge is 2.11. The van der Waals surface area contributed by atoms with Gasteiger partial charge < -0.3 is 0 Å². The summed E-state index contributed by atoms with van der Waals surface area (Å²) in [6, 6.07) is 0. The van der Waals surface area contributed by atoms with Gasteiger partial charge in [-0.3, -0.25) is 0 Å². The van der Waals surface area contributed by atoms with E-state index in [1.165, 1.54) is 12.8 Å². The summed E-state index contributed by atoms with van der Waals surface area (Å²) >= 11 is 0. The van der Waals surface area contributed by atoms with Crippen LogP contribution >= 0.6 is 0 Å². The molecule has 0 aromatic heterocycles. The van der Waals surface area contributed by atoms with Gasteiger partial charge in [0.05, 0.1) is 5.75 Å². The van der Waals surface area contributed by atoms with Crippen molar-refractivity contribution in [3.05, 3.63) is 0 Å². The van der Waals surface area contributed by atoms with Crippen LogP contribution in [0.2, 0.25) is 0 Å². The van der Waals surface area contributed by atoms with Gasteiger partial charge in [-0.2, -0.15) is 0 Å². The SMILES string of the molecule is CCCCC(CCC)CCS(N)(=O)=O. The van der Waals surface area contributed by atoms with E-state index in [2.05, 4.69) is 13.8 Å². The van der Waals surface area contributed by atoms with Crippen LogP contribution in [0.4, 0.5) is 0 Å². The smallest absolute Gasteiger partial charge is 0.209 e. The Balaban J connectivity index is 3.84. The Morgan fingerprint density at radius 3 is 2.14 bits per heavy atom. The number of sulfonamides is 1. The first-order chi connectivity index (χ1) is 6.49. The minimum absolute atomic E-state index is 0.140. The summed E-state index contributed by atoms with van der Waals surface area (Å²) in [4.78, 5) is 0. The van der Waals surface area contributed by atoms with E-state index < -0.39 is 10.0 Å². The highest BCUT2D eigenvalue weighted by atomic mass is 32.2. The zero-order chi connectivity index (χ0) is 11.0. The number of rotatable bonds is 8. The average Bonchev–Trinajstić information content (AvgIpc) is 2.08. The first kappa shape index (κ1) is 13.9. The van der Waals surface area contributed by atoms with Crippen molar-refractivity contribution in [2.24, 2.45) is 11.1 Å². The molecule has 3 nitrogen and oxygen atoms in total. The molecule has 0 aromatic rings. The van der Waals surface area contributed by atoms with Crippen molar-refractivity contribution in [1.82, 2.24) is 0 Å². The van der Waals surface area contributed by atoms with Crippen molar-refractivity contribution in [1.29, 1.82) is 0 Å². The number of unbranched alkanes of at least 4 members (excludes halogenated alkanes) is 1. The van der Waals surface area contributed by atoms with Crippen LogP contribution in [-0.2, 0) is 10.0 Å². The molecule has 0 aliphatic carbocycles. The summed E-state index contributed by atoms with van der Waals surface area (Å²) in [6.07, 6.45) is 6.48. The highest BCUT2D eigenvalue weighted by Crippen LogP contribution is 2.18. The molecule has 14 heavy (non-hydrogen) atoms. The molecule has 4 heteroatoms. The molecule has 0 saturated heterocycles. The van der Waals surface area contributed by atoms with Crippen LogP contribution in [0, 0.1) is 5.92 Å². The van der Waals surface area contributed by atoms with Gasteiger partial charge in [0.1, 0.15) is 0 Å². The van der Waals surface area contributed by atoms with Gasteiger partial charge >= 0.3 is 0 Å². The number of hydrogen-bond donors (Lipinski definition) is 1. The Hall–Kier alpha value is -0.0900. The largest absolute Gasteiger partial charge is 0.229 e. The van der Waals surface area contributed by atoms with Crippen LogP contribution in [-0.4, -0.2) is 14.2 Å². The van der Waals surface area contributed by atoms with Crippen LogP contribution in [0.1, 0.15) is 52.4 Å². The molecular weight excluding hydrogens is 198 g/mol. The van der Waals surface area contributed by atoms with Gasteiger partial charge in [0.2, 0.25) is 10.0 Å². The van der Waals surface area contributed by atoms with Crippen LogP contribution < -0.4 is 5.14 Å². The first-order valence-electron chi connectivity index (χ1n) is 5.50. The summed E-state index contributed by atoms with van der Waals surface area (Å²) in [6.45, 7) is 4.29. The van der Waals surface area contributed by atoms with Gasteiger partial charge in [-0.15, -0.1) is 0 Å². The lowest BCUT2D eigenvalue weighted by molar-refractivity contribution is 0.416. The summed E-state index contributed by atoms with van der Waals surface area (Å²) < 4.78 is 21.6. The lowest BCUT2D eigenvalue weighted by atomic mass is 9.95. The monoisotopic (exact) mass is 221 g/mol. The average molecular weight is 221 g/mol. The lowest BCUT2D eigenvalue weighted by Crippen LogP contribution is -2.19. The first-order valence-corrected chi connectivity index (χ1v) is 7.21. The molecule has 0 spiro atoms. The van der Waals surface area contributed by atoms with Crippen LogP contribution in [0.25, 0.3) is 0 Å². The Labute approximate surface area is 88.1 Å². The maximum atomic E-state index is 10.8. The number of nitrogens with two attached hydrogens (primary N) is 1. The van der Waals surface area contributed by atoms with Crippen molar-refractivity contribution < 1.29 is 8.42 Å². The maximum absolute atomic E-state index is 10.8. The van der Waals surface area contributed by atoms with E-state index in [4.69, 9.17) is 5.14 Å². The molecule has 0 amide bonds. The summed E-state index contributed by atoms with van der Waals surface area (Å²) in [5.41, 5.74) is 0. The van der Waals surface area contributed by atoms with Crippen molar-refractivity contribution in [2.75, 3.05) is 5.75 Å². The quantitative estimate of drug-likeness (QED) is 0.683. The van der Waals surface area contributed by atoms with Crippen LogP contribution in [0.15, 0.2) is 0 Å². The zero-order valence-electron chi connectivity index (χ0n) is 9.33. The summed E-state index contributed by atoms with van der Waals surface area (Å²) in [5, 5.41) is 4.98. The van der Waals surface area contributed by atoms with Gasteiger partial charge in [-0.1, -0.05) is 46.0 Å². The second-order valence-corrected chi connectivity index (χ2v) is 5.69. The predicted octanol–water partition coefficient (Wildman–Crippen LogP) is 2.27. The molecule has 0 rings (SSSR count). The highest BCUT2D eigenvalue weighted by molar-refractivity contribution is 7.89. The van der Waals surface area contributed by atoms with E-state index in [1.807, 2.05) is 0 Å². The molecule has 0 aliphatic heterocycles. The van der Waals surface area contributed by atoms with Gasteiger partial charge in [0.15, 0.2) is 0 Å². The topological polar surface area (TPSA) is 60.2 Å². The second-order valence-electron chi connectivity index (χ2n) is 3.95. The molecular formula is C10H23NO2S. The molecule has 0 bridgehead atoms. The molecule has 1 atom stereocenters. The van der Waals surface area contributed by atoms with Crippen LogP contribution in [0.3, 0.4) is 0 Å². The summed E-state index contributed by atoms with van der Waals surface area (Å²) in [5.74, 6) is 0.680. The van der Waals surface area contributed by atoms with Crippen molar-refractivity contribution >= 4 is 10.0 Å². The van der Waals surface area contributed by atoms with E-state index in [0.29, 0.717) is 5.92 Å². The minimum atomic E-state index is -3.26. The molecule has 0 saturated carbocycles. The van der Waals surface area contributed by atoms with Gasteiger partial charge in [0, 0.05) is 0 Å². The molecule has 0 fully saturated rings. The molecule has 86 valence electrons. The fourth-order valence-electron chi connectivity index (χ4n) is 1.66. The fourth-order valence-corrected chi connectivity index (χ4v) is 2.33. The van der Waals surface area contributed by atoms with Crippen LogP contribution in [0.5, 0.6) is 0 Å². The van der Waals surface area contributed by atoms with Crippen molar-refractivity contribution in [3.8, 4) is 0 Å². The molecule has 2 N–H and O–H groups in total. The lowest BCUT2D eigenvalue weighted by Gasteiger charge is -2.14.